The van der Waals surface area contributed by atoms with Crippen LogP contribution in [-0.2, 0) is 6.54 Å². The third-order valence-electron chi connectivity index (χ3n) is 3.81. The number of nitrogens with two attached hydrogens (primary N) is 1. The Bertz CT molecular complexity index is 408. The maximum absolute atomic E-state index is 5.74. The largest absolute Gasteiger partial charge is 0.334 e. The van der Waals surface area contributed by atoms with E-state index in [-0.39, 0.29) is 0 Å². The van der Waals surface area contributed by atoms with Gasteiger partial charge >= 0.3 is 0 Å². The molecule has 4 nitrogen and oxygen atoms in total. The minimum atomic E-state index is 0.371. The maximum Gasteiger partial charge on any atom is 0.209 e. The van der Waals surface area contributed by atoms with Crippen molar-refractivity contribution < 1.29 is 0 Å². The topological polar surface area (TPSA) is 53.6 Å². The second-order valence-corrected chi connectivity index (χ2v) is 6.72. The van der Waals surface area contributed by atoms with Crippen LogP contribution in [0, 0.1) is 0 Å². The third-order valence-corrected chi connectivity index (χ3v) is 4.67. The van der Waals surface area contributed by atoms with Crippen molar-refractivity contribution in [3.63, 3.8) is 0 Å². The summed E-state index contributed by atoms with van der Waals surface area (Å²) in [5.41, 5.74) is 2.82. The number of nitrogens with one attached hydrogen (secondary N) is 1. The van der Waals surface area contributed by atoms with Crippen molar-refractivity contribution in [3.05, 3.63) is 22.4 Å². The van der Waals surface area contributed by atoms with E-state index in [0.717, 1.165) is 12.5 Å². The molecule has 1 aliphatic carbocycles. The molecule has 0 saturated heterocycles. The van der Waals surface area contributed by atoms with Gasteiger partial charge in [0.05, 0.1) is 12.6 Å². The summed E-state index contributed by atoms with van der Waals surface area (Å²) in [6.45, 7) is 5.23. The average molecular weight is 294 g/mol. The molecule has 1 aliphatic rings. The minimum Gasteiger partial charge on any atom is -0.334 e. The lowest BCUT2D eigenvalue weighted by Gasteiger charge is -2.30. The number of guanidine groups is 1. The van der Waals surface area contributed by atoms with Crippen molar-refractivity contribution in [2.24, 2.45) is 10.8 Å². The zero-order valence-corrected chi connectivity index (χ0v) is 13.3. The molecule has 2 rings (SSSR count). The molecule has 1 fully saturated rings. The average Bonchev–Trinajstić information content (AvgIpc) is 2.96. The molecule has 0 aliphatic heterocycles. The molecule has 0 bridgehead atoms. The predicted octanol–water partition coefficient (Wildman–Crippen LogP) is 3.11. The van der Waals surface area contributed by atoms with Crippen LogP contribution in [0.1, 0.15) is 50.8 Å². The van der Waals surface area contributed by atoms with E-state index < -0.39 is 0 Å². The standard InChI is InChI=1S/C15H26N4S/c1-12(2)19(11-14-9-6-10-20-14)15(18-16)17-13-7-4-3-5-8-13/h6,9-10,12-13H,3-5,7-8,11,16H2,1-2H3,(H,17,18). The van der Waals surface area contributed by atoms with Gasteiger partial charge in [0.1, 0.15) is 0 Å². The first-order chi connectivity index (χ1) is 9.70. The summed E-state index contributed by atoms with van der Waals surface area (Å²) < 4.78 is 0. The van der Waals surface area contributed by atoms with Crippen LogP contribution < -0.4 is 11.3 Å². The number of nitrogens with zero attached hydrogens (tertiary/aromatic N) is 2. The summed E-state index contributed by atoms with van der Waals surface area (Å²) in [6.07, 6.45) is 6.31. The van der Waals surface area contributed by atoms with Crippen LogP contribution in [0.25, 0.3) is 0 Å². The number of thiophene rings is 1. The summed E-state index contributed by atoms with van der Waals surface area (Å²) in [7, 11) is 0. The summed E-state index contributed by atoms with van der Waals surface area (Å²) in [6, 6.07) is 5.05. The van der Waals surface area contributed by atoms with Crippen molar-refractivity contribution in [3.8, 4) is 0 Å². The number of rotatable bonds is 4. The zero-order valence-electron chi connectivity index (χ0n) is 12.5. The van der Waals surface area contributed by atoms with E-state index in [0.29, 0.717) is 12.1 Å². The van der Waals surface area contributed by atoms with Crippen molar-refractivity contribution >= 4 is 17.3 Å². The highest BCUT2D eigenvalue weighted by Crippen LogP contribution is 2.21. The maximum atomic E-state index is 5.74. The normalized spacial score (nSPS) is 17.5. The molecule has 0 atom stereocenters. The Morgan fingerprint density at radius 1 is 1.45 bits per heavy atom. The molecule has 5 heteroatoms. The molecule has 1 saturated carbocycles. The Labute approximate surface area is 126 Å². The van der Waals surface area contributed by atoms with Crippen molar-refractivity contribution in [2.75, 3.05) is 0 Å². The zero-order chi connectivity index (χ0) is 14.4. The monoisotopic (exact) mass is 294 g/mol. The molecule has 0 spiro atoms. The highest BCUT2D eigenvalue weighted by molar-refractivity contribution is 7.09. The van der Waals surface area contributed by atoms with Gasteiger partial charge in [0, 0.05) is 10.9 Å². The molecule has 1 aromatic rings. The fourth-order valence-electron chi connectivity index (χ4n) is 2.65. The molecule has 0 unspecified atom stereocenters. The lowest BCUT2D eigenvalue weighted by Crippen LogP contribution is -2.48. The number of aliphatic imine (C=N–C) groups is 1. The van der Waals surface area contributed by atoms with Crippen LogP contribution in [0.15, 0.2) is 22.5 Å². The van der Waals surface area contributed by atoms with E-state index in [4.69, 9.17) is 10.8 Å². The summed E-state index contributed by atoms with van der Waals surface area (Å²) in [5.74, 6) is 6.57. The first-order valence-electron chi connectivity index (χ1n) is 7.54. The van der Waals surface area contributed by atoms with Crippen LogP contribution in [-0.4, -0.2) is 22.9 Å². The molecular weight excluding hydrogens is 268 g/mol. The molecule has 3 N–H and O–H groups in total. The first-order valence-corrected chi connectivity index (χ1v) is 8.42. The second kappa shape index (κ2) is 7.64. The smallest absolute Gasteiger partial charge is 0.209 e. The second-order valence-electron chi connectivity index (χ2n) is 5.69. The minimum absolute atomic E-state index is 0.371. The van der Waals surface area contributed by atoms with E-state index in [1.807, 2.05) is 0 Å². The van der Waals surface area contributed by atoms with Gasteiger partial charge in [-0.3, -0.25) is 5.43 Å². The molecule has 0 aromatic carbocycles. The SMILES string of the molecule is CC(C)N(Cc1cccs1)C(=NC1CCCCC1)NN. The highest BCUT2D eigenvalue weighted by Gasteiger charge is 2.19. The summed E-state index contributed by atoms with van der Waals surface area (Å²) in [5, 5.41) is 2.11. The van der Waals surface area contributed by atoms with Gasteiger partial charge in [-0.25, -0.2) is 10.8 Å². The van der Waals surface area contributed by atoms with Crippen LogP contribution in [0.4, 0.5) is 0 Å². The quantitative estimate of drug-likeness (QED) is 0.388. The molecule has 20 heavy (non-hydrogen) atoms. The van der Waals surface area contributed by atoms with E-state index in [2.05, 4.69) is 41.7 Å². The van der Waals surface area contributed by atoms with Crippen molar-refractivity contribution in [2.45, 2.75) is 64.6 Å². The van der Waals surface area contributed by atoms with Crippen LogP contribution >= 0.6 is 11.3 Å². The van der Waals surface area contributed by atoms with Crippen LogP contribution in [0.5, 0.6) is 0 Å². The van der Waals surface area contributed by atoms with Gasteiger partial charge in [-0.05, 0) is 38.1 Å². The van der Waals surface area contributed by atoms with Gasteiger partial charge in [0.2, 0.25) is 5.96 Å². The van der Waals surface area contributed by atoms with Gasteiger partial charge in [-0.1, -0.05) is 25.3 Å². The molecule has 1 aromatic heterocycles. The molecular formula is C15H26N4S. The summed E-state index contributed by atoms with van der Waals surface area (Å²) in [4.78, 5) is 8.46. The fourth-order valence-corrected chi connectivity index (χ4v) is 3.35. The van der Waals surface area contributed by atoms with E-state index in [9.17, 15) is 0 Å². The lowest BCUT2D eigenvalue weighted by molar-refractivity contribution is 0.326. The molecule has 0 radical (unpaired) electrons. The number of hydrogen-bond acceptors (Lipinski definition) is 3. The van der Waals surface area contributed by atoms with E-state index in [1.54, 1.807) is 11.3 Å². The van der Waals surface area contributed by atoms with E-state index >= 15 is 0 Å². The molecule has 1 heterocycles. The van der Waals surface area contributed by atoms with Crippen molar-refractivity contribution in [1.82, 2.24) is 10.3 Å². The Morgan fingerprint density at radius 3 is 2.75 bits per heavy atom. The van der Waals surface area contributed by atoms with Gasteiger partial charge in [-0.15, -0.1) is 11.3 Å². The van der Waals surface area contributed by atoms with Gasteiger partial charge in [-0.2, -0.15) is 0 Å². The first kappa shape index (κ1) is 15.3. The van der Waals surface area contributed by atoms with Crippen LogP contribution in [0.2, 0.25) is 0 Å². The highest BCUT2D eigenvalue weighted by atomic mass is 32.1. The Hall–Kier alpha value is -1.07. The van der Waals surface area contributed by atoms with E-state index in [1.165, 1.54) is 37.0 Å². The molecule has 0 amide bonds. The third kappa shape index (κ3) is 4.21. The Balaban J connectivity index is 2.09. The lowest BCUT2D eigenvalue weighted by atomic mass is 9.96. The van der Waals surface area contributed by atoms with Crippen LogP contribution in [0.3, 0.4) is 0 Å². The van der Waals surface area contributed by atoms with Gasteiger partial charge < -0.3 is 4.90 Å². The Morgan fingerprint density at radius 2 is 2.20 bits per heavy atom. The fraction of sp³-hybridized carbons (Fsp3) is 0.667. The molecule has 112 valence electrons. The summed E-state index contributed by atoms with van der Waals surface area (Å²) >= 11 is 1.78. The number of hydrazine groups is 1. The van der Waals surface area contributed by atoms with Gasteiger partial charge in [0.25, 0.3) is 0 Å². The van der Waals surface area contributed by atoms with Crippen molar-refractivity contribution in [1.29, 1.82) is 0 Å². The predicted molar refractivity (Wildman–Crippen MR) is 86.6 cm³/mol. The Kier molecular flexibility index (Phi) is 5.86. The van der Waals surface area contributed by atoms with Gasteiger partial charge in [0.15, 0.2) is 0 Å². The number of hydrogen-bond donors (Lipinski definition) is 2.